The fourth-order valence-corrected chi connectivity index (χ4v) is 2.00. The molecule has 0 saturated carbocycles. The molecule has 0 radical (unpaired) electrons. The topological polar surface area (TPSA) is 66.4 Å². The molecule has 1 aromatic rings. The van der Waals surface area contributed by atoms with Crippen molar-refractivity contribution in [3.63, 3.8) is 0 Å². The number of carbonyl (C=O) groups is 2. The Morgan fingerprint density at radius 2 is 2.17 bits per heavy atom. The highest BCUT2D eigenvalue weighted by Gasteiger charge is 2.13. The van der Waals surface area contributed by atoms with Crippen LogP contribution in [0.2, 0.25) is 5.02 Å². The number of carboxylic acids is 1. The second-order valence-corrected chi connectivity index (χ2v) is 5.33. The zero-order valence-electron chi connectivity index (χ0n) is 9.74. The van der Waals surface area contributed by atoms with E-state index < -0.39 is 5.97 Å². The number of hydrogen-bond donors (Lipinski definition) is 2. The molecule has 18 heavy (non-hydrogen) atoms. The van der Waals surface area contributed by atoms with E-state index in [1.807, 2.05) is 0 Å². The first kappa shape index (κ1) is 15.0. The Balaban J connectivity index is 2.60. The van der Waals surface area contributed by atoms with Gasteiger partial charge in [0.05, 0.1) is 5.56 Å². The van der Waals surface area contributed by atoms with E-state index in [0.29, 0.717) is 21.6 Å². The fourth-order valence-electron chi connectivity index (χ4n) is 1.40. The number of aliphatic carboxylic acids is 1. The van der Waals surface area contributed by atoms with E-state index in [2.05, 4.69) is 21.2 Å². The molecular formula is C12H13BrClNO3. The molecule has 0 heterocycles. The maximum absolute atomic E-state index is 11.9. The Bertz CT molecular complexity index is 465. The van der Waals surface area contributed by atoms with Gasteiger partial charge in [0.1, 0.15) is 0 Å². The van der Waals surface area contributed by atoms with Crippen LogP contribution in [-0.4, -0.2) is 23.5 Å². The molecule has 0 aliphatic heterocycles. The summed E-state index contributed by atoms with van der Waals surface area (Å²) in [6, 6.07) is 4.93. The molecule has 4 nitrogen and oxygen atoms in total. The minimum Gasteiger partial charge on any atom is -0.481 e. The fraction of sp³-hybridized carbons (Fsp3) is 0.333. The maximum Gasteiger partial charge on any atom is 0.303 e. The molecule has 0 aromatic heterocycles. The van der Waals surface area contributed by atoms with Gasteiger partial charge in [-0.2, -0.15) is 0 Å². The van der Waals surface area contributed by atoms with Crippen LogP contribution < -0.4 is 5.32 Å². The van der Waals surface area contributed by atoms with Crippen molar-refractivity contribution in [2.75, 3.05) is 6.54 Å². The van der Waals surface area contributed by atoms with Crippen molar-refractivity contribution in [2.45, 2.75) is 13.3 Å². The van der Waals surface area contributed by atoms with Gasteiger partial charge in [0, 0.05) is 22.5 Å². The molecule has 0 fully saturated rings. The first-order valence-electron chi connectivity index (χ1n) is 5.35. The molecule has 1 atom stereocenters. The van der Waals surface area contributed by atoms with Crippen molar-refractivity contribution in [1.82, 2.24) is 5.32 Å². The number of carboxylic acid groups (broad SMARTS) is 1. The molecule has 0 spiro atoms. The highest BCUT2D eigenvalue weighted by molar-refractivity contribution is 9.10. The first-order valence-corrected chi connectivity index (χ1v) is 6.52. The Labute approximate surface area is 118 Å². The van der Waals surface area contributed by atoms with Crippen molar-refractivity contribution in [2.24, 2.45) is 5.92 Å². The lowest BCUT2D eigenvalue weighted by atomic mass is 10.1. The van der Waals surface area contributed by atoms with E-state index in [0.717, 1.165) is 0 Å². The van der Waals surface area contributed by atoms with Crippen molar-refractivity contribution in [1.29, 1.82) is 0 Å². The number of rotatable bonds is 5. The van der Waals surface area contributed by atoms with Crippen LogP contribution in [0.15, 0.2) is 22.7 Å². The molecule has 0 aliphatic carbocycles. The predicted octanol–water partition coefficient (Wildman–Crippen LogP) is 2.94. The van der Waals surface area contributed by atoms with Gasteiger partial charge in [0.25, 0.3) is 5.91 Å². The second-order valence-electron chi connectivity index (χ2n) is 4.04. The summed E-state index contributed by atoms with van der Waals surface area (Å²) >= 11 is 9.08. The lowest BCUT2D eigenvalue weighted by molar-refractivity contribution is -0.137. The van der Waals surface area contributed by atoms with E-state index >= 15 is 0 Å². The van der Waals surface area contributed by atoms with Gasteiger partial charge < -0.3 is 10.4 Å². The molecule has 0 saturated heterocycles. The quantitative estimate of drug-likeness (QED) is 0.870. The highest BCUT2D eigenvalue weighted by atomic mass is 79.9. The summed E-state index contributed by atoms with van der Waals surface area (Å²) in [6.07, 6.45) is 0.0248. The van der Waals surface area contributed by atoms with Crippen molar-refractivity contribution in [3.8, 4) is 0 Å². The van der Waals surface area contributed by atoms with Crippen LogP contribution in [0.25, 0.3) is 0 Å². The zero-order chi connectivity index (χ0) is 13.7. The van der Waals surface area contributed by atoms with Gasteiger partial charge in [-0.1, -0.05) is 18.5 Å². The molecule has 1 aromatic carbocycles. The van der Waals surface area contributed by atoms with E-state index in [1.165, 1.54) is 0 Å². The van der Waals surface area contributed by atoms with Gasteiger partial charge in [0.15, 0.2) is 0 Å². The number of amides is 1. The number of benzene rings is 1. The van der Waals surface area contributed by atoms with E-state index in [-0.39, 0.29) is 18.2 Å². The average molecular weight is 335 g/mol. The van der Waals surface area contributed by atoms with Gasteiger partial charge in [-0.3, -0.25) is 9.59 Å². The van der Waals surface area contributed by atoms with Crippen molar-refractivity contribution in [3.05, 3.63) is 33.3 Å². The molecule has 0 bridgehead atoms. The average Bonchev–Trinajstić information content (AvgIpc) is 2.28. The summed E-state index contributed by atoms with van der Waals surface area (Å²) in [7, 11) is 0. The maximum atomic E-state index is 11.9. The Morgan fingerprint density at radius 3 is 2.78 bits per heavy atom. The van der Waals surface area contributed by atoms with E-state index in [1.54, 1.807) is 25.1 Å². The number of hydrogen-bond acceptors (Lipinski definition) is 2. The summed E-state index contributed by atoms with van der Waals surface area (Å²) in [5, 5.41) is 11.8. The number of halogens is 2. The lowest BCUT2D eigenvalue weighted by Crippen LogP contribution is -2.29. The van der Waals surface area contributed by atoms with Crippen LogP contribution >= 0.6 is 27.5 Å². The molecule has 98 valence electrons. The zero-order valence-corrected chi connectivity index (χ0v) is 12.1. The Kier molecular flexibility index (Phi) is 5.62. The Hall–Kier alpha value is -1.07. The summed E-state index contributed by atoms with van der Waals surface area (Å²) in [4.78, 5) is 22.3. The number of carbonyl (C=O) groups excluding carboxylic acids is 1. The standard InChI is InChI=1S/C12H13BrClNO3/c1-7(4-11(16)17)6-15-12(18)9-5-8(14)2-3-10(9)13/h2-3,5,7H,4,6H2,1H3,(H,15,18)(H,16,17). The largest absolute Gasteiger partial charge is 0.481 e. The minimum absolute atomic E-state index is 0.0248. The third kappa shape index (κ3) is 4.66. The molecule has 1 rings (SSSR count). The third-order valence-electron chi connectivity index (χ3n) is 2.31. The monoisotopic (exact) mass is 333 g/mol. The first-order chi connectivity index (χ1) is 8.40. The molecule has 1 unspecified atom stereocenters. The summed E-state index contributed by atoms with van der Waals surface area (Å²) < 4.78 is 0.648. The summed E-state index contributed by atoms with van der Waals surface area (Å²) in [5.74, 6) is -1.27. The minimum atomic E-state index is -0.874. The van der Waals surface area contributed by atoms with Gasteiger partial charge in [-0.25, -0.2) is 0 Å². The van der Waals surface area contributed by atoms with Crippen LogP contribution in [-0.2, 0) is 4.79 Å². The lowest BCUT2D eigenvalue weighted by Gasteiger charge is -2.11. The molecular weight excluding hydrogens is 321 g/mol. The van der Waals surface area contributed by atoms with Gasteiger partial charge in [0.2, 0.25) is 0 Å². The summed E-state index contributed by atoms with van der Waals surface area (Å²) in [6.45, 7) is 2.07. The van der Waals surface area contributed by atoms with Crippen molar-refractivity contribution >= 4 is 39.4 Å². The molecule has 6 heteroatoms. The van der Waals surface area contributed by atoms with Crippen LogP contribution in [0, 0.1) is 5.92 Å². The SMILES string of the molecule is CC(CNC(=O)c1cc(Cl)ccc1Br)CC(=O)O. The van der Waals surface area contributed by atoms with E-state index in [9.17, 15) is 9.59 Å². The number of nitrogens with one attached hydrogen (secondary N) is 1. The smallest absolute Gasteiger partial charge is 0.303 e. The third-order valence-corrected chi connectivity index (χ3v) is 3.23. The predicted molar refractivity (Wildman–Crippen MR) is 72.9 cm³/mol. The van der Waals surface area contributed by atoms with Crippen LogP contribution in [0.5, 0.6) is 0 Å². The second kappa shape index (κ2) is 6.75. The molecule has 1 amide bonds. The van der Waals surface area contributed by atoms with Crippen LogP contribution in [0.3, 0.4) is 0 Å². The van der Waals surface area contributed by atoms with Gasteiger partial charge in [-0.05, 0) is 40.0 Å². The van der Waals surface area contributed by atoms with E-state index in [4.69, 9.17) is 16.7 Å². The van der Waals surface area contributed by atoms with Crippen LogP contribution in [0.1, 0.15) is 23.7 Å². The summed E-state index contributed by atoms with van der Waals surface area (Å²) in [5.41, 5.74) is 0.435. The van der Waals surface area contributed by atoms with Gasteiger partial charge >= 0.3 is 5.97 Å². The van der Waals surface area contributed by atoms with Crippen molar-refractivity contribution < 1.29 is 14.7 Å². The molecule has 0 aliphatic rings. The van der Waals surface area contributed by atoms with Crippen LogP contribution in [0.4, 0.5) is 0 Å². The normalized spacial score (nSPS) is 11.9. The Morgan fingerprint density at radius 1 is 1.50 bits per heavy atom. The highest BCUT2D eigenvalue weighted by Crippen LogP contribution is 2.21. The van der Waals surface area contributed by atoms with Gasteiger partial charge in [-0.15, -0.1) is 0 Å². The molecule has 2 N–H and O–H groups in total.